The van der Waals surface area contributed by atoms with E-state index in [-0.39, 0.29) is 36.9 Å². The highest BCUT2D eigenvalue weighted by atomic mass is 16.5. The van der Waals surface area contributed by atoms with E-state index in [4.69, 9.17) is 4.74 Å². The zero-order chi connectivity index (χ0) is 23.3. The zero-order valence-corrected chi connectivity index (χ0v) is 19.5. The summed E-state index contributed by atoms with van der Waals surface area (Å²) in [4.78, 5) is 46.2. The second kappa shape index (κ2) is 8.30. The molecular formula is C24H35N3O5. The third kappa shape index (κ3) is 3.22. The number of amides is 3. The molecule has 4 rings (SSSR count). The van der Waals surface area contributed by atoms with E-state index in [1.807, 2.05) is 43.1 Å². The molecule has 176 valence electrons. The minimum atomic E-state index is -1.21. The van der Waals surface area contributed by atoms with Crippen molar-refractivity contribution in [2.75, 3.05) is 33.3 Å². The standard InChI is InChI=1S/C24H35N3O5/c1-5-9-16(2)26-13-7-11-24-18(21(30)27(14-8-15-28)19(24)22(26)31)17-20(29)25(4)12-6-10-23(17,3)32-24/h6-7,10-11,16-19,28H,5,8-9,12-15H2,1-4H3/t16?,17-,18+,19?,23+,24+/m1/s1. The summed E-state index contributed by atoms with van der Waals surface area (Å²) in [5, 5.41) is 9.44. The SMILES string of the molecule is CCCC(C)N1CC=C[C@]23O[C@@]4(C)C=CCN(C)C(=O)[C@H]4[C@H]2C(=O)N(CCCO)C3C1=O. The van der Waals surface area contributed by atoms with Crippen molar-refractivity contribution in [1.82, 2.24) is 14.7 Å². The highest BCUT2D eigenvalue weighted by molar-refractivity contribution is 6.00. The smallest absolute Gasteiger partial charge is 0.249 e. The molecule has 4 aliphatic heterocycles. The third-order valence-electron chi connectivity index (χ3n) is 7.59. The molecule has 8 heteroatoms. The summed E-state index contributed by atoms with van der Waals surface area (Å²) in [5.41, 5.74) is -2.18. The van der Waals surface area contributed by atoms with E-state index in [2.05, 4.69) is 6.92 Å². The van der Waals surface area contributed by atoms with Crippen LogP contribution in [-0.2, 0) is 19.1 Å². The van der Waals surface area contributed by atoms with Gasteiger partial charge in [0.2, 0.25) is 17.7 Å². The van der Waals surface area contributed by atoms with Gasteiger partial charge in [-0.15, -0.1) is 0 Å². The number of aliphatic hydroxyl groups is 1. The number of likely N-dealkylation sites (tertiary alicyclic amines) is 1. The first-order valence-electron chi connectivity index (χ1n) is 11.7. The molecule has 2 saturated heterocycles. The third-order valence-corrected chi connectivity index (χ3v) is 7.59. The highest BCUT2D eigenvalue weighted by Gasteiger charge is 2.74. The first kappa shape index (κ1) is 23.0. The Morgan fingerprint density at radius 1 is 1.12 bits per heavy atom. The van der Waals surface area contributed by atoms with Gasteiger partial charge >= 0.3 is 0 Å². The average Bonchev–Trinajstić information content (AvgIpc) is 3.01. The van der Waals surface area contributed by atoms with Gasteiger partial charge in [-0.25, -0.2) is 0 Å². The summed E-state index contributed by atoms with van der Waals surface area (Å²) < 4.78 is 6.69. The second-order valence-electron chi connectivity index (χ2n) is 9.76. The molecule has 6 atom stereocenters. The van der Waals surface area contributed by atoms with Crippen LogP contribution in [0.15, 0.2) is 24.3 Å². The fraction of sp³-hybridized carbons (Fsp3) is 0.708. The fourth-order valence-corrected chi connectivity index (χ4v) is 6.11. The van der Waals surface area contributed by atoms with Gasteiger partial charge in [0.15, 0.2) is 0 Å². The van der Waals surface area contributed by atoms with E-state index in [1.165, 1.54) is 0 Å². The zero-order valence-electron chi connectivity index (χ0n) is 19.5. The lowest BCUT2D eigenvalue weighted by atomic mass is 9.74. The van der Waals surface area contributed by atoms with E-state index in [1.54, 1.807) is 16.8 Å². The summed E-state index contributed by atoms with van der Waals surface area (Å²) in [6.07, 6.45) is 9.75. The summed E-state index contributed by atoms with van der Waals surface area (Å²) in [5.74, 6) is -2.02. The Bertz CT molecular complexity index is 857. The fourth-order valence-electron chi connectivity index (χ4n) is 6.11. The molecule has 0 aromatic heterocycles. The average molecular weight is 446 g/mol. The molecule has 4 aliphatic rings. The number of hydrogen-bond acceptors (Lipinski definition) is 5. The number of rotatable bonds is 6. The van der Waals surface area contributed by atoms with Gasteiger partial charge < -0.3 is 24.5 Å². The van der Waals surface area contributed by atoms with Gasteiger partial charge in [-0.05, 0) is 26.7 Å². The van der Waals surface area contributed by atoms with Crippen LogP contribution in [0.3, 0.4) is 0 Å². The summed E-state index contributed by atoms with van der Waals surface area (Å²) in [6, 6.07) is -0.823. The van der Waals surface area contributed by atoms with Crippen LogP contribution < -0.4 is 0 Å². The first-order valence-corrected chi connectivity index (χ1v) is 11.7. The van der Waals surface area contributed by atoms with Gasteiger partial charge in [0.1, 0.15) is 11.6 Å². The van der Waals surface area contributed by atoms with Crippen molar-refractivity contribution in [3.63, 3.8) is 0 Å². The maximum Gasteiger partial charge on any atom is 0.249 e. The Morgan fingerprint density at radius 2 is 1.84 bits per heavy atom. The van der Waals surface area contributed by atoms with Crippen LogP contribution in [0.4, 0.5) is 0 Å². The Kier molecular flexibility index (Phi) is 5.96. The maximum absolute atomic E-state index is 14.0. The largest absolute Gasteiger partial charge is 0.396 e. The molecule has 1 spiro atoms. The lowest BCUT2D eigenvalue weighted by molar-refractivity contribution is -0.153. The van der Waals surface area contributed by atoms with Crippen molar-refractivity contribution < 1.29 is 24.2 Å². The molecule has 0 aliphatic carbocycles. The molecule has 0 radical (unpaired) electrons. The van der Waals surface area contributed by atoms with Crippen LogP contribution in [0.5, 0.6) is 0 Å². The van der Waals surface area contributed by atoms with E-state index in [0.717, 1.165) is 12.8 Å². The molecule has 0 saturated carbocycles. The highest BCUT2D eigenvalue weighted by Crippen LogP contribution is 2.57. The van der Waals surface area contributed by atoms with Crippen molar-refractivity contribution in [3.8, 4) is 0 Å². The Balaban J connectivity index is 1.84. The molecule has 1 N–H and O–H groups in total. The minimum Gasteiger partial charge on any atom is -0.396 e. The van der Waals surface area contributed by atoms with Crippen molar-refractivity contribution in [2.45, 2.75) is 63.3 Å². The molecule has 32 heavy (non-hydrogen) atoms. The van der Waals surface area contributed by atoms with Crippen molar-refractivity contribution in [2.24, 2.45) is 11.8 Å². The van der Waals surface area contributed by atoms with Gasteiger partial charge in [0.25, 0.3) is 0 Å². The van der Waals surface area contributed by atoms with Crippen LogP contribution in [0.1, 0.15) is 40.0 Å². The van der Waals surface area contributed by atoms with Gasteiger partial charge in [0, 0.05) is 39.3 Å². The normalized spacial score (nSPS) is 37.3. The van der Waals surface area contributed by atoms with Gasteiger partial charge in [-0.3, -0.25) is 14.4 Å². The quantitative estimate of drug-likeness (QED) is 0.615. The maximum atomic E-state index is 14.0. The molecule has 2 fully saturated rings. The van der Waals surface area contributed by atoms with Gasteiger partial charge in [-0.1, -0.05) is 37.6 Å². The Morgan fingerprint density at radius 3 is 2.53 bits per heavy atom. The van der Waals surface area contributed by atoms with E-state index in [9.17, 15) is 19.5 Å². The lowest BCUT2D eigenvalue weighted by Crippen LogP contribution is -2.57. The first-order chi connectivity index (χ1) is 15.2. The summed E-state index contributed by atoms with van der Waals surface area (Å²) in [7, 11) is 1.73. The van der Waals surface area contributed by atoms with Gasteiger partial charge in [0.05, 0.1) is 17.4 Å². The molecule has 3 amide bonds. The van der Waals surface area contributed by atoms with Crippen LogP contribution in [0.2, 0.25) is 0 Å². The second-order valence-corrected chi connectivity index (χ2v) is 9.76. The van der Waals surface area contributed by atoms with Crippen molar-refractivity contribution >= 4 is 17.7 Å². The van der Waals surface area contributed by atoms with Gasteiger partial charge in [-0.2, -0.15) is 0 Å². The number of carbonyl (C=O) groups excluding carboxylic acids is 3. The minimum absolute atomic E-state index is 0.0243. The van der Waals surface area contributed by atoms with Crippen LogP contribution in [-0.4, -0.2) is 94.1 Å². The monoisotopic (exact) mass is 445 g/mol. The topological polar surface area (TPSA) is 90.4 Å². The van der Waals surface area contributed by atoms with E-state index >= 15 is 0 Å². The van der Waals surface area contributed by atoms with E-state index in [0.29, 0.717) is 19.5 Å². The van der Waals surface area contributed by atoms with Crippen molar-refractivity contribution in [3.05, 3.63) is 24.3 Å². The molecule has 8 nitrogen and oxygen atoms in total. The number of likely N-dealkylation sites (N-methyl/N-ethyl adjacent to an activating group) is 1. The van der Waals surface area contributed by atoms with E-state index < -0.39 is 29.1 Å². The molecule has 0 aromatic rings. The molecule has 0 aromatic carbocycles. The van der Waals surface area contributed by atoms with Crippen LogP contribution in [0.25, 0.3) is 0 Å². The lowest BCUT2D eigenvalue weighted by Gasteiger charge is -2.38. The predicted molar refractivity (Wildman–Crippen MR) is 118 cm³/mol. The molecule has 2 unspecified atom stereocenters. The molecular weight excluding hydrogens is 410 g/mol. The van der Waals surface area contributed by atoms with Crippen LogP contribution in [0, 0.1) is 11.8 Å². The number of carbonyl (C=O) groups is 3. The van der Waals surface area contributed by atoms with Crippen molar-refractivity contribution in [1.29, 1.82) is 0 Å². The predicted octanol–water partition coefficient (Wildman–Crippen LogP) is 0.955. The molecule has 4 heterocycles. The van der Waals surface area contributed by atoms with Crippen LogP contribution >= 0.6 is 0 Å². The number of nitrogens with zero attached hydrogens (tertiary/aromatic N) is 3. The summed E-state index contributed by atoms with van der Waals surface area (Å²) >= 11 is 0. The number of aliphatic hydroxyl groups excluding tert-OH is 1. The number of hydrogen-bond donors (Lipinski definition) is 1. The molecule has 0 bridgehead atoms. The summed E-state index contributed by atoms with van der Waals surface area (Å²) in [6.45, 7) is 7.03. The Labute approximate surface area is 189 Å². The number of ether oxygens (including phenoxy) is 1. The number of fused-ring (bicyclic) bond motifs is 2. The Hall–Kier alpha value is -2.19.